The Morgan fingerprint density at radius 2 is 1.42 bits per heavy atom. The van der Waals surface area contributed by atoms with E-state index in [-0.39, 0.29) is 0 Å². The molecule has 0 unspecified atom stereocenters. The number of fused-ring (bicyclic) bond motifs is 3. The normalized spacial score (nSPS) is 11.6. The summed E-state index contributed by atoms with van der Waals surface area (Å²) in [6.45, 7) is 0. The van der Waals surface area contributed by atoms with Crippen molar-refractivity contribution in [2.24, 2.45) is 0 Å². The summed E-state index contributed by atoms with van der Waals surface area (Å²) in [6.07, 6.45) is 6.34. The van der Waals surface area contributed by atoms with E-state index in [2.05, 4.69) is 130 Å². The van der Waals surface area contributed by atoms with Gasteiger partial charge in [-0.25, -0.2) is 0 Å². The van der Waals surface area contributed by atoms with Crippen molar-refractivity contribution < 1.29 is 0 Å². The van der Waals surface area contributed by atoms with Crippen LogP contribution in [0.1, 0.15) is 0 Å². The molecule has 0 bridgehead atoms. The molecular formula is C30H21N3. The van der Waals surface area contributed by atoms with Crippen molar-refractivity contribution in [2.75, 3.05) is 0 Å². The van der Waals surface area contributed by atoms with Crippen LogP contribution in [0.2, 0.25) is 0 Å². The van der Waals surface area contributed by atoms with Crippen molar-refractivity contribution in [1.82, 2.24) is 14.4 Å². The van der Waals surface area contributed by atoms with E-state index in [0.29, 0.717) is 0 Å². The summed E-state index contributed by atoms with van der Waals surface area (Å²) >= 11 is 0. The lowest BCUT2D eigenvalue weighted by molar-refractivity contribution is 1.20. The zero-order valence-electron chi connectivity index (χ0n) is 17.9. The summed E-state index contributed by atoms with van der Waals surface area (Å²) < 4.78 is 2.18. The molecule has 0 fully saturated rings. The zero-order chi connectivity index (χ0) is 21.8. The highest BCUT2D eigenvalue weighted by Gasteiger charge is 2.20. The highest BCUT2D eigenvalue weighted by Crippen LogP contribution is 2.43. The Balaban J connectivity index is 1.58. The van der Waals surface area contributed by atoms with Gasteiger partial charge in [0, 0.05) is 57.3 Å². The second kappa shape index (κ2) is 7.01. The lowest BCUT2D eigenvalue weighted by atomic mass is 9.91. The zero-order valence-corrected chi connectivity index (χ0v) is 17.9. The second-order valence-corrected chi connectivity index (χ2v) is 8.47. The van der Waals surface area contributed by atoms with Gasteiger partial charge in [0.25, 0.3) is 0 Å². The number of nitrogens with one attached hydrogen (secondary N) is 2. The van der Waals surface area contributed by atoms with Gasteiger partial charge in [-0.3, -0.25) is 0 Å². The van der Waals surface area contributed by atoms with Gasteiger partial charge in [0.2, 0.25) is 0 Å². The quantitative estimate of drug-likeness (QED) is 0.290. The Morgan fingerprint density at radius 3 is 2.36 bits per heavy atom. The third-order valence-electron chi connectivity index (χ3n) is 6.59. The summed E-state index contributed by atoms with van der Waals surface area (Å²) in [6, 6.07) is 34.4. The first-order valence-corrected chi connectivity index (χ1v) is 11.2. The Morgan fingerprint density at radius 1 is 0.606 bits per heavy atom. The first kappa shape index (κ1) is 18.1. The van der Waals surface area contributed by atoms with Crippen molar-refractivity contribution in [3.8, 4) is 33.6 Å². The molecule has 0 saturated heterocycles. The topological polar surface area (TPSA) is 36.0 Å². The molecule has 3 aromatic carbocycles. The monoisotopic (exact) mass is 423 g/mol. The molecule has 0 radical (unpaired) electrons. The van der Waals surface area contributed by atoms with Gasteiger partial charge in [0.05, 0.1) is 11.2 Å². The SMILES string of the molecule is c1cc(-c2cc3ccccc3[nH]2)c(-c2[nH]cc3ccccc23)c(-c2ccn3ccccc23)c1. The Kier molecular flexibility index (Phi) is 3.84. The minimum Gasteiger partial charge on any atom is -0.360 e. The van der Waals surface area contributed by atoms with Gasteiger partial charge >= 0.3 is 0 Å². The van der Waals surface area contributed by atoms with Crippen LogP contribution in [0, 0.1) is 0 Å². The van der Waals surface area contributed by atoms with Crippen LogP contribution in [0.25, 0.3) is 60.8 Å². The number of nitrogens with zero attached hydrogens (tertiary/aromatic N) is 1. The summed E-state index contributed by atoms with van der Waals surface area (Å²) in [5.41, 5.74) is 9.45. The molecule has 0 amide bonds. The number of hydrogen-bond donors (Lipinski definition) is 2. The average molecular weight is 424 g/mol. The molecule has 156 valence electrons. The van der Waals surface area contributed by atoms with Crippen LogP contribution in [0.5, 0.6) is 0 Å². The summed E-state index contributed by atoms with van der Waals surface area (Å²) in [7, 11) is 0. The molecule has 4 heterocycles. The van der Waals surface area contributed by atoms with Crippen LogP contribution >= 0.6 is 0 Å². The fourth-order valence-electron chi connectivity index (χ4n) is 5.06. The van der Waals surface area contributed by atoms with E-state index in [0.717, 1.165) is 16.9 Å². The molecule has 2 N–H and O–H groups in total. The first-order chi connectivity index (χ1) is 16.4. The maximum absolute atomic E-state index is 3.65. The van der Waals surface area contributed by atoms with Crippen LogP contribution in [-0.2, 0) is 0 Å². The number of rotatable bonds is 3. The molecule has 7 aromatic rings. The summed E-state index contributed by atoms with van der Waals surface area (Å²) in [5.74, 6) is 0. The third-order valence-corrected chi connectivity index (χ3v) is 6.59. The van der Waals surface area contributed by atoms with Crippen LogP contribution in [-0.4, -0.2) is 14.4 Å². The van der Waals surface area contributed by atoms with Gasteiger partial charge in [-0.2, -0.15) is 0 Å². The van der Waals surface area contributed by atoms with Gasteiger partial charge in [0.1, 0.15) is 0 Å². The Labute approximate surface area is 191 Å². The van der Waals surface area contributed by atoms with E-state index >= 15 is 0 Å². The van der Waals surface area contributed by atoms with Crippen molar-refractivity contribution in [3.63, 3.8) is 0 Å². The molecule has 3 heteroatoms. The van der Waals surface area contributed by atoms with E-state index in [1.807, 2.05) is 0 Å². The lowest BCUT2D eigenvalue weighted by Gasteiger charge is -2.14. The van der Waals surface area contributed by atoms with Gasteiger partial charge in [0.15, 0.2) is 0 Å². The molecule has 0 aliphatic heterocycles. The van der Waals surface area contributed by atoms with Crippen LogP contribution in [0.15, 0.2) is 116 Å². The average Bonchev–Trinajstić information content (AvgIpc) is 3.59. The Hall–Kier alpha value is -4.50. The molecule has 7 rings (SSSR count). The van der Waals surface area contributed by atoms with E-state index in [1.54, 1.807) is 0 Å². The van der Waals surface area contributed by atoms with Crippen molar-refractivity contribution in [2.45, 2.75) is 0 Å². The lowest BCUT2D eigenvalue weighted by Crippen LogP contribution is -1.91. The van der Waals surface area contributed by atoms with E-state index in [1.165, 1.54) is 43.9 Å². The smallest absolute Gasteiger partial charge is 0.0546 e. The standard InChI is InChI=1S/C30H21N3/c1-3-10-22-21(9-1)19-31-30(22)29-24(23-15-17-33-16-6-5-14-28(23)33)11-7-12-25(29)27-18-20-8-2-4-13-26(20)32-27/h1-19,31-32H. The minimum absolute atomic E-state index is 1.12. The van der Waals surface area contributed by atoms with Gasteiger partial charge in [-0.05, 0) is 41.3 Å². The fraction of sp³-hybridized carbons (Fsp3) is 0. The fourth-order valence-corrected chi connectivity index (χ4v) is 5.06. The molecule has 0 aliphatic rings. The van der Waals surface area contributed by atoms with E-state index in [9.17, 15) is 0 Å². The highest BCUT2D eigenvalue weighted by atomic mass is 14.9. The van der Waals surface area contributed by atoms with Crippen molar-refractivity contribution >= 4 is 27.2 Å². The summed E-state index contributed by atoms with van der Waals surface area (Å²) in [5, 5.41) is 3.66. The number of aromatic nitrogens is 3. The molecule has 0 spiro atoms. The van der Waals surface area contributed by atoms with Crippen molar-refractivity contribution in [1.29, 1.82) is 0 Å². The minimum atomic E-state index is 1.12. The van der Waals surface area contributed by atoms with Gasteiger partial charge < -0.3 is 14.4 Å². The van der Waals surface area contributed by atoms with Crippen LogP contribution < -0.4 is 0 Å². The van der Waals surface area contributed by atoms with Gasteiger partial charge in [-0.15, -0.1) is 0 Å². The molecule has 0 atom stereocenters. The maximum Gasteiger partial charge on any atom is 0.0546 e. The van der Waals surface area contributed by atoms with Crippen LogP contribution in [0.4, 0.5) is 0 Å². The predicted octanol–water partition coefficient (Wildman–Crippen LogP) is 7.90. The summed E-state index contributed by atoms with van der Waals surface area (Å²) in [4.78, 5) is 7.26. The first-order valence-electron chi connectivity index (χ1n) is 11.2. The molecule has 0 aliphatic carbocycles. The van der Waals surface area contributed by atoms with Gasteiger partial charge in [-0.1, -0.05) is 66.7 Å². The maximum atomic E-state index is 3.65. The molecule has 0 saturated carbocycles. The van der Waals surface area contributed by atoms with E-state index in [4.69, 9.17) is 0 Å². The number of aromatic amines is 2. The number of pyridine rings is 1. The number of para-hydroxylation sites is 1. The second-order valence-electron chi connectivity index (χ2n) is 8.47. The van der Waals surface area contributed by atoms with Crippen LogP contribution in [0.3, 0.4) is 0 Å². The number of H-pyrrole nitrogens is 2. The molecule has 4 aromatic heterocycles. The predicted molar refractivity (Wildman–Crippen MR) is 137 cm³/mol. The van der Waals surface area contributed by atoms with E-state index < -0.39 is 0 Å². The molecule has 3 nitrogen and oxygen atoms in total. The largest absolute Gasteiger partial charge is 0.360 e. The third kappa shape index (κ3) is 2.76. The highest BCUT2D eigenvalue weighted by molar-refractivity contribution is 6.06. The number of benzene rings is 3. The van der Waals surface area contributed by atoms with Crippen molar-refractivity contribution in [3.05, 3.63) is 116 Å². The molecule has 33 heavy (non-hydrogen) atoms. The Bertz CT molecular complexity index is 1740. The molecular weight excluding hydrogens is 402 g/mol. The number of hydrogen-bond acceptors (Lipinski definition) is 0.